The highest BCUT2D eigenvalue weighted by Crippen LogP contribution is 2.32. The molecule has 19 heavy (non-hydrogen) atoms. The molecule has 0 unspecified atom stereocenters. The van der Waals surface area contributed by atoms with E-state index in [9.17, 15) is 9.59 Å². The lowest BCUT2D eigenvalue weighted by Gasteiger charge is -2.23. The van der Waals surface area contributed by atoms with Gasteiger partial charge >= 0.3 is 5.69 Å². The molecule has 1 aliphatic rings. The third-order valence-corrected chi connectivity index (χ3v) is 3.62. The number of nitrogens with zero attached hydrogens (tertiary/aromatic N) is 3. The zero-order chi connectivity index (χ0) is 14.0. The van der Waals surface area contributed by atoms with Crippen molar-refractivity contribution in [3.05, 3.63) is 16.3 Å². The van der Waals surface area contributed by atoms with Crippen molar-refractivity contribution in [3.63, 3.8) is 0 Å². The molecule has 0 spiro atoms. The zero-order valence-corrected chi connectivity index (χ0v) is 11.5. The largest absolute Gasteiger partial charge is 0.380 e. The lowest BCUT2D eigenvalue weighted by molar-refractivity contribution is -0.132. The summed E-state index contributed by atoms with van der Waals surface area (Å²) >= 11 is 0. The van der Waals surface area contributed by atoms with E-state index in [4.69, 9.17) is 4.74 Å². The molecule has 1 saturated heterocycles. The molecule has 1 fully saturated rings. The fourth-order valence-electron chi connectivity index (χ4n) is 2.58. The van der Waals surface area contributed by atoms with Crippen LogP contribution in [0.15, 0.2) is 4.79 Å². The predicted octanol–water partition coefficient (Wildman–Crippen LogP) is 0.290. The Hall–Kier alpha value is -1.63. The summed E-state index contributed by atoms with van der Waals surface area (Å²) in [5, 5.41) is 6.53. The molecule has 7 heteroatoms. The van der Waals surface area contributed by atoms with E-state index in [1.807, 2.05) is 13.8 Å². The molecule has 2 rings (SSSR count). The first-order valence-electron chi connectivity index (χ1n) is 6.59. The normalized spacial score (nSPS) is 23.0. The van der Waals surface area contributed by atoms with Crippen LogP contribution in [0.2, 0.25) is 0 Å². The summed E-state index contributed by atoms with van der Waals surface area (Å²) in [6, 6.07) is -0.184. The molecule has 1 amide bonds. The maximum absolute atomic E-state index is 12.0. The Morgan fingerprint density at radius 1 is 1.53 bits per heavy atom. The van der Waals surface area contributed by atoms with Crippen LogP contribution in [0.5, 0.6) is 0 Å². The highest BCUT2D eigenvalue weighted by atomic mass is 16.5. The van der Waals surface area contributed by atoms with Crippen molar-refractivity contribution in [1.82, 2.24) is 19.7 Å². The second kappa shape index (κ2) is 5.56. The molecule has 0 saturated carbocycles. The smallest absolute Gasteiger partial charge is 0.343 e. The summed E-state index contributed by atoms with van der Waals surface area (Å²) in [6.07, 6.45) is 1.11. The first kappa shape index (κ1) is 13.8. The van der Waals surface area contributed by atoms with Gasteiger partial charge in [0.1, 0.15) is 0 Å². The summed E-state index contributed by atoms with van der Waals surface area (Å²) in [5.74, 6) is 0.677. The first-order valence-corrected chi connectivity index (χ1v) is 6.59. The van der Waals surface area contributed by atoms with Crippen LogP contribution in [0.3, 0.4) is 0 Å². The van der Waals surface area contributed by atoms with Crippen LogP contribution in [-0.4, -0.2) is 45.3 Å². The minimum atomic E-state index is -0.234. The lowest BCUT2D eigenvalue weighted by Crippen LogP contribution is -2.33. The highest BCUT2D eigenvalue weighted by molar-refractivity contribution is 5.76. The molecule has 2 atom stereocenters. The monoisotopic (exact) mass is 268 g/mol. The Kier molecular flexibility index (Phi) is 4.04. The molecule has 0 aliphatic carbocycles. The van der Waals surface area contributed by atoms with Crippen LogP contribution in [0.25, 0.3) is 0 Å². The average molecular weight is 268 g/mol. The maximum Gasteiger partial charge on any atom is 0.343 e. The molecule has 0 radical (unpaired) electrons. The number of aromatic nitrogens is 3. The van der Waals surface area contributed by atoms with Crippen molar-refractivity contribution >= 4 is 5.91 Å². The van der Waals surface area contributed by atoms with Gasteiger partial charge in [-0.05, 0) is 6.92 Å². The highest BCUT2D eigenvalue weighted by Gasteiger charge is 2.38. The third-order valence-electron chi connectivity index (χ3n) is 3.62. The van der Waals surface area contributed by atoms with E-state index in [0.29, 0.717) is 31.8 Å². The molecule has 0 bridgehead atoms. The van der Waals surface area contributed by atoms with Crippen molar-refractivity contribution in [2.24, 2.45) is 0 Å². The van der Waals surface area contributed by atoms with Gasteiger partial charge in [-0.25, -0.2) is 9.89 Å². The second-order valence-corrected chi connectivity index (χ2v) is 4.64. The average Bonchev–Trinajstić information content (AvgIpc) is 3.00. The van der Waals surface area contributed by atoms with Gasteiger partial charge in [0, 0.05) is 33.0 Å². The Morgan fingerprint density at radius 3 is 2.84 bits per heavy atom. The number of hydrogen-bond acceptors (Lipinski definition) is 4. The van der Waals surface area contributed by atoms with E-state index in [2.05, 4.69) is 10.2 Å². The van der Waals surface area contributed by atoms with Gasteiger partial charge in [0.25, 0.3) is 0 Å². The van der Waals surface area contributed by atoms with Gasteiger partial charge in [0.2, 0.25) is 5.91 Å². The molecule has 1 aliphatic heterocycles. The number of hydrogen-bond donors (Lipinski definition) is 1. The first-order chi connectivity index (χ1) is 9.12. The van der Waals surface area contributed by atoms with Crippen LogP contribution >= 0.6 is 0 Å². The standard InChI is InChI=1S/C12H20N4O3/c1-4-10(17)16-7-8(19-3)6-9(16)11-13-14-12(18)15(11)5-2/h8-9H,4-7H2,1-3H3,(H,14,18)/t8-,9-/m0/s1. The van der Waals surface area contributed by atoms with E-state index < -0.39 is 0 Å². The fourth-order valence-corrected chi connectivity index (χ4v) is 2.58. The van der Waals surface area contributed by atoms with Gasteiger partial charge in [-0.15, -0.1) is 0 Å². The Labute approximate surface area is 111 Å². The number of aromatic amines is 1. The fraction of sp³-hybridized carbons (Fsp3) is 0.750. The molecule has 2 heterocycles. The molecular formula is C12H20N4O3. The minimum absolute atomic E-state index is 0.00221. The van der Waals surface area contributed by atoms with E-state index in [1.54, 1.807) is 16.6 Å². The van der Waals surface area contributed by atoms with Crippen molar-refractivity contribution < 1.29 is 9.53 Å². The summed E-state index contributed by atoms with van der Waals surface area (Å²) in [6.45, 7) is 4.80. The van der Waals surface area contributed by atoms with Crippen molar-refractivity contribution in [1.29, 1.82) is 0 Å². The van der Waals surface area contributed by atoms with Crippen LogP contribution in [0.1, 0.15) is 38.6 Å². The molecule has 106 valence electrons. The number of carbonyl (C=O) groups is 1. The SMILES string of the molecule is CCC(=O)N1C[C@@H](OC)C[C@H]1c1n[nH]c(=O)n1CC. The molecule has 0 aromatic carbocycles. The summed E-state index contributed by atoms with van der Waals surface area (Å²) < 4.78 is 6.92. The molecular weight excluding hydrogens is 248 g/mol. The zero-order valence-electron chi connectivity index (χ0n) is 11.5. The second-order valence-electron chi connectivity index (χ2n) is 4.64. The van der Waals surface area contributed by atoms with Crippen molar-refractivity contribution in [2.45, 2.75) is 45.4 Å². The van der Waals surface area contributed by atoms with Gasteiger partial charge < -0.3 is 9.64 Å². The summed E-state index contributed by atoms with van der Waals surface area (Å²) in [4.78, 5) is 25.4. The quantitative estimate of drug-likeness (QED) is 0.851. The number of methoxy groups -OCH3 is 1. The summed E-state index contributed by atoms with van der Waals surface area (Å²) in [7, 11) is 1.64. The van der Waals surface area contributed by atoms with Crippen molar-refractivity contribution in [2.75, 3.05) is 13.7 Å². The number of carbonyl (C=O) groups excluding carboxylic acids is 1. The van der Waals surface area contributed by atoms with Gasteiger partial charge in [-0.3, -0.25) is 9.36 Å². The number of ether oxygens (including phenoxy) is 1. The predicted molar refractivity (Wildman–Crippen MR) is 68.7 cm³/mol. The van der Waals surface area contributed by atoms with Gasteiger partial charge in [-0.2, -0.15) is 5.10 Å². The number of amides is 1. The van der Waals surface area contributed by atoms with Crippen LogP contribution in [0, 0.1) is 0 Å². The topological polar surface area (TPSA) is 80.2 Å². The van der Waals surface area contributed by atoms with Crippen LogP contribution in [0.4, 0.5) is 0 Å². The Morgan fingerprint density at radius 2 is 2.26 bits per heavy atom. The Bertz CT molecular complexity index is 507. The number of H-pyrrole nitrogens is 1. The van der Waals surface area contributed by atoms with Gasteiger partial charge in [0.05, 0.1) is 12.1 Å². The molecule has 1 aromatic rings. The van der Waals surface area contributed by atoms with Gasteiger partial charge in [-0.1, -0.05) is 6.92 Å². The van der Waals surface area contributed by atoms with E-state index in [1.165, 1.54) is 0 Å². The molecule has 1 aromatic heterocycles. The van der Waals surface area contributed by atoms with Crippen molar-refractivity contribution in [3.8, 4) is 0 Å². The molecule has 1 N–H and O–H groups in total. The number of likely N-dealkylation sites (tertiary alicyclic amines) is 1. The van der Waals surface area contributed by atoms with Crippen LogP contribution in [-0.2, 0) is 16.1 Å². The lowest BCUT2D eigenvalue weighted by atomic mass is 10.2. The number of nitrogens with one attached hydrogen (secondary N) is 1. The maximum atomic E-state index is 12.0. The third kappa shape index (κ3) is 2.42. The summed E-state index contributed by atoms with van der Waals surface area (Å²) in [5.41, 5.74) is -0.234. The van der Waals surface area contributed by atoms with E-state index in [0.717, 1.165) is 0 Å². The van der Waals surface area contributed by atoms with Crippen LogP contribution < -0.4 is 5.69 Å². The Balaban J connectivity index is 2.34. The van der Waals surface area contributed by atoms with E-state index >= 15 is 0 Å². The minimum Gasteiger partial charge on any atom is -0.380 e. The van der Waals surface area contributed by atoms with Gasteiger partial charge in [0.15, 0.2) is 5.82 Å². The molecule has 7 nitrogen and oxygen atoms in total. The number of rotatable bonds is 4. The van der Waals surface area contributed by atoms with E-state index in [-0.39, 0.29) is 23.7 Å².